The molecule has 0 bridgehead atoms. The van der Waals surface area contributed by atoms with Crippen LogP contribution in [0.15, 0.2) is 18.2 Å². The van der Waals surface area contributed by atoms with Crippen LogP contribution in [0.2, 0.25) is 0 Å². The molecule has 1 aliphatic heterocycles. The van der Waals surface area contributed by atoms with Crippen molar-refractivity contribution in [2.75, 3.05) is 18.6 Å². The zero-order chi connectivity index (χ0) is 14.8. The molecule has 1 unspecified atom stereocenters. The average molecular weight is 297 g/mol. The molecule has 0 saturated carbocycles. The summed E-state index contributed by atoms with van der Waals surface area (Å²) in [4.78, 5) is 12.0. The first-order valence-corrected chi connectivity index (χ1v) is 8.35. The molecule has 1 saturated heterocycles. The highest BCUT2D eigenvalue weighted by atomic mass is 32.2. The van der Waals surface area contributed by atoms with Crippen molar-refractivity contribution in [3.05, 3.63) is 29.3 Å². The van der Waals surface area contributed by atoms with Gasteiger partial charge in [-0.1, -0.05) is 17.7 Å². The second-order valence-corrected chi connectivity index (χ2v) is 7.39. The first-order valence-electron chi connectivity index (χ1n) is 6.53. The molecule has 1 fully saturated rings. The highest BCUT2D eigenvalue weighted by molar-refractivity contribution is 7.91. The Morgan fingerprint density at radius 3 is 2.80 bits per heavy atom. The number of ether oxygens (including phenoxy) is 1. The summed E-state index contributed by atoms with van der Waals surface area (Å²) < 4.78 is 27.9. The standard InChI is InChI=1S/C14H19NO4S/c1-10-3-4-13(19-2)11(7-10)8-14(16)15-12-5-6-20(17,18)9-12/h3-4,7,12H,5-6,8-9H2,1-2H3,(H,15,16). The van der Waals surface area contributed by atoms with E-state index in [2.05, 4.69) is 5.32 Å². The third-order valence-corrected chi connectivity index (χ3v) is 5.15. The normalized spacial score (nSPS) is 20.6. The van der Waals surface area contributed by atoms with Gasteiger partial charge in [-0.2, -0.15) is 0 Å². The van der Waals surface area contributed by atoms with E-state index in [1.165, 1.54) is 0 Å². The fourth-order valence-corrected chi connectivity index (χ4v) is 4.08. The van der Waals surface area contributed by atoms with Gasteiger partial charge in [0, 0.05) is 11.6 Å². The highest BCUT2D eigenvalue weighted by Crippen LogP contribution is 2.20. The molecule has 1 amide bonds. The van der Waals surface area contributed by atoms with Crippen LogP contribution in [0.25, 0.3) is 0 Å². The fourth-order valence-electron chi connectivity index (χ4n) is 2.41. The van der Waals surface area contributed by atoms with Gasteiger partial charge < -0.3 is 10.1 Å². The predicted molar refractivity (Wildman–Crippen MR) is 76.6 cm³/mol. The van der Waals surface area contributed by atoms with Crippen molar-refractivity contribution in [3.8, 4) is 5.75 Å². The van der Waals surface area contributed by atoms with E-state index >= 15 is 0 Å². The Kier molecular flexibility index (Phi) is 4.32. The van der Waals surface area contributed by atoms with Gasteiger partial charge in [-0.05, 0) is 19.4 Å². The van der Waals surface area contributed by atoms with E-state index in [-0.39, 0.29) is 29.9 Å². The molecule has 1 aromatic carbocycles. The minimum Gasteiger partial charge on any atom is -0.496 e. The van der Waals surface area contributed by atoms with Crippen LogP contribution in [-0.2, 0) is 21.1 Å². The minimum atomic E-state index is -2.97. The second kappa shape index (κ2) is 5.83. The zero-order valence-electron chi connectivity index (χ0n) is 11.7. The van der Waals surface area contributed by atoms with Crippen LogP contribution in [0.3, 0.4) is 0 Å². The van der Waals surface area contributed by atoms with E-state index < -0.39 is 9.84 Å². The Morgan fingerprint density at radius 2 is 2.20 bits per heavy atom. The van der Waals surface area contributed by atoms with Crippen LogP contribution in [0, 0.1) is 6.92 Å². The van der Waals surface area contributed by atoms with Gasteiger partial charge in [0.15, 0.2) is 9.84 Å². The molecule has 1 aliphatic rings. The number of hydrogen-bond acceptors (Lipinski definition) is 4. The topological polar surface area (TPSA) is 72.5 Å². The summed E-state index contributed by atoms with van der Waals surface area (Å²) in [7, 11) is -1.41. The Hall–Kier alpha value is -1.56. The van der Waals surface area contributed by atoms with Gasteiger partial charge in [-0.15, -0.1) is 0 Å². The Labute approximate surface area is 119 Å². The maximum absolute atomic E-state index is 12.0. The smallest absolute Gasteiger partial charge is 0.224 e. The number of aryl methyl sites for hydroxylation is 1. The number of amides is 1. The first kappa shape index (κ1) is 14.8. The summed E-state index contributed by atoms with van der Waals surface area (Å²) in [5.41, 5.74) is 1.86. The van der Waals surface area contributed by atoms with Crippen molar-refractivity contribution in [1.82, 2.24) is 5.32 Å². The third kappa shape index (κ3) is 3.72. The molecule has 1 N–H and O–H groups in total. The fraction of sp³-hybridized carbons (Fsp3) is 0.500. The summed E-state index contributed by atoms with van der Waals surface area (Å²) >= 11 is 0. The average Bonchev–Trinajstić information content (AvgIpc) is 2.68. The van der Waals surface area contributed by atoms with Crippen molar-refractivity contribution in [1.29, 1.82) is 0 Å². The van der Waals surface area contributed by atoms with E-state index in [0.29, 0.717) is 12.2 Å². The second-order valence-electron chi connectivity index (χ2n) is 5.16. The largest absolute Gasteiger partial charge is 0.496 e. The van der Waals surface area contributed by atoms with Gasteiger partial charge in [0.25, 0.3) is 0 Å². The van der Waals surface area contributed by atoms with Crippen LogP contribution in [0.1, 0.15) is 17.5 Å². The molecule has 5 nitrogen and oxygen atoms in total. The van der Waals surface area contributed by atoms with E-state index in [1.54, 1.807) is 7.11 Å². The summed E-state index contributed by atoms with van der Waals surface area (Å²) in [6.07, 6.45) is 0.695. The van der Waals surface area contributed by atoms with Gasteiger partial charge in [-0.25, -0.2) is 8.42 Å². The van der Waals surface area contributed by atoms with Crippen molar-refractivity contribution in [2.45, 2.75) is 25.8 Å². The maximum atomic E-state index is 12.0. The van der Waals surface area contributed by atoms with Crippen LogP contribution in [-0.4, -0.2) is 39.0 Å². The monoisotopic (exact) mass is 297 g/mol. The lowest BCUT2D eigenvalue weighted by Crippen LogP contribution is -2.36. The number of sulfone groups is 1. The summed E-state index contributed by atoms with van der Waals surface area (Å²) in [6, 6.07) is 5.40. The van der Waals surface area contributed by atoms with Gasteiger partial charge in [0.05, 0.1) is 25.0 Å². The number of nitrogens with one attached hydrogen (secondary N) is 1. The van der Waals surface area contributed by atoms with Gasteiger partial charge >= 0.3 is 0 Å². The van der Waals surface area contributed by atoms with Crippen LogP contribution >= 0.6 is 0 Å². The number of rotatable bonds is 4. The summed E-state index contributed by atoms with van der Waals surface area (Å²) in [5, 5.41) is 2.78. The first-order chi connectivity index (χ1) is 9.39. The molecule has 20 heavy (non-hydrogen) atoms. The van der Waals surface area contributed by atoms with E-state index in [1.807, 2.05) is 25.1 Å². The highest BCUT2D eigenvalue weighted by Gasteiger charge is 2.28. The maximum Gasteiger partial charge on any atom is 0.224 e. The molecular weight excluding hydrogens is 278 g/mol. The van der Waals surface area contributed by atoms with Crippen molar-refractivity contribution in [2.24, 2.45) is 0 Å². The lowest BCUT2D eigenvalue weighted by Gasteiger charge is -2.13. The number of hydrogen-bond donors (Lipinski definition) is 1. The molecule has 110 valence electrons. The van der Waals surface area contributed by atoms with Crippen LogP contribution in [0.5, 0.6) is 5.75 Å². The van der Waals surface area contributed by atoms with Gasteiger partial charge in [-0.3, -0.25) is 4.79 Å². The number of carbonyl (C=O) groups excluding carboxylic acids is 1. The molecule has 1 heterocycles. The van der Waals surface area contributed by atoms with E-state index in [9.17, 15) is 13.2 Å². The van der Waals surface area contributed by atoms with Crippen molar-refractivity contribution in [3.63, 3.8) is 0 Å². The molecule has 0 aliphatic carbocycles. The van der Waals surface area contributed by atoms with Gasteiger partial charge in [0.2, 0.25) is 5.91 Å². The van der Waals surface area contributed by atoms with E-state index in [0.717, 1.165) is 11.1 Å². The van der Waals surface area contributed by atoms with Crippen LogP contribution < -0.4 is 10.1 Å². The van der Waals surface area contributed by atoms with Crippen LogP contribution in [0.4, 0.5) is 0 Å². The number of carbonyl (C=O) groups is 1. The van der Waals surface area contributed by atoms with Gasteiger partial charge in [0.1, 0.15) is 5.75 Å². The molecular formula is C14H19NO4S. The Bertz CT molecular complexity index is 610. The van der Waals surface area contributed by atoms with E-state index in [4.69, 9.17) is 4.74 Å². The molecule has 0 aromatic heterocycles. The molecule has 0 radical (unpaired) electrons. The quantitative estimate of drug-likeness (QED) is 0.894. The Morgan fingerprint density at radius 1 is 1.45 bits per heavy atom. The molecule has 2 rings (SSSR count). The SMILES string of the molecule is COc1ccc(C)cc1CC(=O)NC1CCS(=O)(=O)C1. The molecule has 1 aromatic rings. The zero-order valence-corrected chi connectivity index (χ0v) is 12.5. The molecule has 6 heteroatoms. The predicted octanol–water partition coefficient (Wildman–Crippen LogP) is 0.849. The molecule has 0 spiro atoms. The lowest BCUT2D eigenvalue weighted by molar-refractivity contribution is -0.121. The molecule has 1 atom stereocenters. The number of benzene rings is 1. The minimum absolute atomic E-state index is 0.0453. The lowest BCUT2D eigenvalue weighted by atomic mass is 10.1. The summed E-state index contributed by atoms with van der Waals surface area (Å²) in [6.45, 7) is 1.95. The number of methoxy groups -OCH3 is 1. The summed E-state index contributed by atoms with van der Waals surface area (Å²) in [5.74, 6) is 0.705. The Balaban J connectivity index is 2.00. The van der Waals surface area contributed by atoms with Crippen molar-refractivity contribution < 1.29 is 17.9 Å². The van der Waals surface area contributed by atoms with Crippen molar-refractivity contribution >= 4 is 15.7 Å². The third-order valence-electron chi connectivity index (χ3n) is 3.38.